The summed E-state index contributed by atoms with van der Waals surface area (Å²) in [4.78, 5) is 18.4. The van der Waals surface area contributed by atoms with E-state index in [1.807, 2.05) is 25.1 Å². The molecule has 30 heavy (non-hydrogen) atoms. The second kappa shape index (κ2) is 9.25. The average Bonchev–Trinajstić information content (AvgIpc) is 3.29. The normalized spacial score (nSPS) is 19.7. The van der Waals surface area contributed by atoms with Crippen LogP contribution in [0.2, 0.25) is 0 Å². The number of benzene rings is 2. The third kappa shape index (κ3) is 4.00. The molecule has 1 amide bonds. The fourth-order valence-electron chi connectivity index (χ4n) is 3.48. The topological polar surface area (TPSA) is 23.6 Å². The lowest BCUT2D eigenvalue weighted by Crippen LogP contribution is -2.27. The van der Waals surface area contributed by atoms with Gasteiger partial charge in [0, 0.05) is 18.0 Å². The van der Waals surface area contributed by atoms with Crippen molar-refractivity contribution in [2.75, 3.05) is 13.1 Å². The number of amides is 1. The first-order valence-electron chi connectivity index (χ1n) is 9.90. The summed E-state index contributed by atoms with van der Waals surface area (Å²) in [5.41, 5.74) is 3.59. The summed E-state index contributed by atoms with van der Waals surface area (Å²) in [7, 11) is 0. The Hall–Kier alpha value is -2.28. The lowest BCUT2D eigenvalue weighted by Gasteiger charge is -2.21. The largest absolute Gasteiger partial charge is 0.335 e. The molecule has 2 aliphatic rings. The van der Waals surface area contributed by atoms with Crippen molar-refractivity contribution in [3.63, 3.8) is 0 Å². The van der Waals surface area contributed by atoms with Gasteiger partial charge in [0.2, 0.25) is 0 Å². The number of nitrogens with zero attached hydrogens (tertiary/aromatic N) is 2. The summed E-state index contributed by atoms with van der Waals surface area (Å²) >= 11 is 8.46. The number of likely N-dealkylation sites (N-methyl/N-ethyl adjacent to an activating group) is 1. The van der Waals surface area contributed by atoms with Crippen LogP contribution in [0.4, 0.5) is 0 Å². The number of thioether (sulfide) groups is 2. The van der Waals surface area contributed by atoms with Crippen LogP contribution in [-0.2, 0) is 4.79 Å². The molecule has 0 bridgehead atoms. The first-order valence-corrected chi connectivity index (χ1v) is 11.9. The summed E-state index contributed by atoms with van der Waals surface area (Å²) in [6.45, 7) is 5.54. The molecule has 0 radical (unpaired) electrons. The van der Waals surface area contributed by atoms with Crippen LogP contribution in [0.5, 0.6) is 0 Å². The second-order valence-electron chi connectivity index (χ2n) is 6.71. The smallest absolute Gasteiger partial charge is 0.266 e. The van der Waals surface area contributed by atoms with E-state index >= 15 is 0 Å². The molecule has 4 rings (SSSR count). The van der Waals surface area contributed by atoms with Crippen molar-refractivity contribution in [1.29, 1.82) is 0 Å². The molecule has 2 aromatic carbocycles. The highest BCUT2D eigenvalue weighted by molar-refractivity contribution is 8.26. The van der Waals surface area contributed by atoms with Crippen LogP contribution < -0.4 is 0 Å². The number of hydrogen-bond donors (Lipinski definition) is 0. The molecule has 2 aliphatic heterocycles. The molecule has 152 valence electrons. The van der Waals surface area contributed by atoms with Gasteiger partial charge >= 0.3 is 0 Å². The minimum Gasteiger partial charge on any atom is -0.335 e. The van der Waals surface area contributed by atoms with Gasteiger partial charge in [-0.05, 0) is 37.1 Å². The van der Waals surface area contributed by atoms with Crippen molar-refractivity contribution in [3.8, 4) is 0 Å². The maximum absolute atomic E-state index is 12.6. The van der Waals surface area contributed by atoms with E-state index in [4.69, 9.17) is 12.2 Å². The monoisotopic (exact) mass is 450 g/mol. The van der Waals surface area contributed by atoms with Crippen LogP contribution in [0.1, 0.15) is 25.0 Å². The summed E-state index contributed by atoms with van der Waals surface area (Å²) in [6, 6.07) is 20.9. The van der Waals surface area contributed by atoms with Crippen LogP contribution in [-0.4, -0.2) is 33.1 Å². The van der Waals surface area contributed by atoms with E-state index < -0.39 is 0 Å². The first kappa shape index (κ1) is 21.0. The van der Waals surface area contributed by atoms with Gasteiger partial charge in [0.1, 0.15) is 4.32 Å². The van der Waals surface area contributed by atoms with E-state index in [-0.39, 0.29) is 5.91 Å². The standard InChI is InChI=1S/C24H22N2OS3/c1-3-25-20(16-15-19-23(27)26(4-2)24(28)29-19)30-22(18-13-9-6-10-14-18)21(25)17-11-7-5-8-12-17/h5-16H,3-4H2,1-2H3/b19-15+,20-16+. The van der Waals surface area contributed by atoms with Crippen LogP contribution in [0.25, 0.3) is 10.6 Å². The molecule has 1 fully saturated rings. The van der Waals surface area contributed by atoms with Crippen molar-refractivity contribution in [3.05, 3.63) is 93.9 Å². The van der Waals surface area contributed by atoms with Gasteiger partial charge in [-0.15, -0.1) is 0 Å². The van der Waals surface area contributed by atoms with Crippen molar-refractivity contribution in [2.45, 2.75) is 13.8 Å². The Morgan fingerprint density at radius 2 is 1.43 bits per heavy atom. The zero-order valence-corrected chi connectivity index (χ0v) is 19.3. The average molecular weight is 451 g/mol. The molecule has 3 nitrogen and oxygen atoms in total. The van der Waals surface area contributed by atoms with Gasteiger partial charge in [0.15, 0.2) is 0 Å². The van der Waals surface area contributed by atoms with Gasteiger partial charge in [-0.3, -0.25) is 9.69 Å². The second-order valence-corrected chi connectivity index (χ2v) is 9.42. The highest BCUT2D eigenvalue weighted by Crippen LogP contribution is 2.50. The minimum atomic E-state index is -0.00470. The van der Waals surface area contributed by atoms with Crippen LogP contribution in [0.3, 0.4) is 0 Å². The van der Waals surface area contributed by atoms with Crippen molar-refractivity contribution in [1.82, 2.24) is 9.80 Å². The lowest BCUT2D eigenvalue weighted by molar-refractivity contribution is -0.122. The number of rotatable bonds is 5. The quantitative estimate of drug-likeness (QED) is 0.399. The van der Waals surface area contributed by atoms with Gasteiger partial charge in [-0.2, -0.15) is 0 Å². The summed E-state index contributed by atoms with van der Waals surface area (Å²) in [5, 5.41) is 1.11. The number of carbonyl (C=O) groups excluding carboxylic acids is 1. The zero-order chi connectivity index (χ0) is 21.1. The molecule has 2 aromatic rings. The highest BCUT2D eigenvalue weighted by Gasteiger charge is 2.31. The maximum Gasteiger partial charge on any atom is 0.266 e. The maximum atomic E-state index is 12.6. The van der Waals surface area contributed by atoms with Gasteiger partial charge in [0.05, 0.1) is 15.6 Å². The molecule has 0 N–H and O–H groups in total. The number of allylic oxidation sites excluding steroid dienone is 2. The molecule has 0 aromatic heterocycles. The van der Waals surface area contributed by atoms with E-state index in [1.165, 1.54) is 33.5 Å². The molecule has 0 atom stereocenters. The Morgan fingerprint density at radius 3 is 2.00 bits per heavy atom. The molecule has 0 unspecified atom stereocenters. The molecular weight excluding hydrogens is 428 g/mol. The number of carbonyl (C=O) groups is 1. The van der Waals surface area contributed by atoms with Crippen LogP contribution >= 0.6 is 35.7 Å². The zero-order valence-electron chi connectivity index (χ0n) is 16.9. The first-order chi connectivity index (χ1) is 14.6. The van der Waals surface area contributed by atoms with Gasteiger partial charge < -0.3 is 4.90 Å². The SMILES string of the molecule is CCN1C(=O)/C(=C\C=C2\SC(c3ccccc3)=C(c3ccccc3)N2CC)SC1=S. The predicted octanol–water partition coefficient (Wildman–Crippen LogP) is 6.19. The minimum absolute atomic E-state index is 0.00470. The highest BCUT2D eigenvalue weighted by atomic mass is 32.2. The Balaban J connectivity index is 1.74. The van der Waals surface area contributed by atoms with E-state index in [0.717, 1.165) is 11.6 Å². The third-order valence-electron chi connectivity index (χ3n) is 4.92. The molecule has 6 heteroatoms. The lowest BCUT2D eigenvalue weighted by atomic mass is 10.1. The summed E-state index contributed by atoms with van der Waals surface area (Å²) < 4.78 is 0.631. The van der Waals surface area contributed by atoms with Gasteiger partial charge in [-0.25, -0.2) is 0 Å². The van der Waals surface area contributed by atoms with E-state index in [2.05, 4.69) is 66.4 Å². The summed E-state index contributed by atoms with van der Waals surface area (Å²) in [5.74, 6) is -0.00470. The van der Waals surface area contributed by atoms with Crippen molar-refractivity contribution < 1.29 is 4.79 Å². The number of thiocarbonyl (C=S) groups is 1. The van der Waals surface area contributed by atoms with Crippen molar-refractivity contribution in [2.24, 2.45) is 0 Å². The molecule has 1 saturated heterocycles. The van der Waals surface area contributed by atoms with Gasteiger partial charge in [0.25, 0.3) is 5.91 Å². The Morgan fingerprint density at radius 1 is 0.833 bits per heavy atom. The molecule has 2 heterocycles. The Bertz CT molecular complexity index is 1060. The molecule has 0 spiro atoms. The van der Waals surface area contributed by atoms with E-state index in [1.54, 1.807) is 16.7 Å². The Labute approximate surface area is 191 Å². The van der Waals surface area contributed by atoms with E-state index in [9.17, 15) is 4.79 Å². The fourth-order valence-corrected chi connectivity index (χ4v) is 6.06. The molecular formula is C24H22N2OS3. The van der Waals surface area contributed by atoms with Crippen LogP contribution in [0, 0.1) is 0 Å². The van der Waals surface area contributed by atoms with E-state index in [0.29, 0.717) is 15.8 Å². The third-order valence-corrected chi connectivity index (χ3v) is 7.52. The molecule has 0 aliphatic carbocycles. The predicted molar refractivity (Wildman–Crippen MR) is 133 cm³/mol. The summed E-state index contributed by atoms with van der Waals surface area (Å²) in [6.07, 6.45) is 3.96. The van der Waals surface area contributed by atoms with Gasteiger partial charge in [-0.1, -0.05) is 96.4 Å². The fraction of sp³-hybridized carbons (Fsp3) is 0.167. The molecule has 0 saturated carbocycles. The van der Waals surface area contributed by atoms with Crippen molar-refractivity contribution >= 4 is 56.6 Å². The number of hydrogen-bond acceptors (Lipinski definition) is 5. The Kier molecular flexibility index (Phi) is 6.46. The van der Waals surface area contributed by atoms with Crippen LogP contribution in [0.15, 0.2) is 82.7 Å².